The fourth-order valence-corrected chi connectivity index (χ4v) is 5.57. The normalized spacial score (nSPS) is 20.4. The number of piperidine rings is 1. The van der Waals surface area contributed by atoms with Crippen LogP contribution in [0.25, 0.3) is 0 Å². The number of hydrogen-bond acceptors (Lipinski definition) is 4. The van der Waals surface area contributed by atoms with Gasteiger partial charge in [-0.25, -0.2) is 0 Å². The summed E-state index contributed by atoms with van der Waals surface area (Å²) in [6.07, 6.45) is 3.59. The third-order valence-corrected chi connectivity index (χ3v) is 7.77. The van der Waals surface area contributed by atoms with Gasteiger partial charge in [0.2, 0.25) is 5.91 Å². The zero-order chi connectivity index (χ0) is 25.2. The second-order valence-electron chi connectivity index (χ2n) is 11.3. The van der Waals surface area contributed by atoms with Gasteiger partial charge in [0, 0.05) is 25.2 Å². The lowest BCUT2D eigenvalue weighted by atomic mass is 9.75. The van der Waals surface area contributed by atoms with E-state index in [1.165, 1.54) is 11.1 Å². The number of ether oxygens (including phenoxy) is 1. The van der Waals surface area contributed by atoms with E-state index in [9.17, 15) is 9.59 Å². The Labute approximate surface area is 209 Å². The predicted molar refractivity (Wildman–Crippen MR) is 138 cm³/mol. The largest absolute Gasteiger partial charge is 0.483 e. The van der Waals surface area contributed by atoms with Crippen LogP contribution in [0.4, 0.5) is 0 Å². The Balaban J connectivity index is 1.44. The van der Waals surface area contributed by atoms with Crippen LogP contribution in [0.15, 0.2) is 48.5 Å². The van der Waals surface area contributed by atoms with E-state index < -0.39 is 5.91 Å². The van der Waals surface area contributed by atoms with Gasteiger partial charge in [0.05, 0.1) is 5.41 Å². The molecule has 0 unspecified atom stereocenters. The number of carbonyl (C=O) groups excluding carboxylic acids is 2. The monoisotopic (exact) mass is 477 g/mol. The van der Waals surface area contributed by atoms with E-state index in [-0.39, 0.29) is 23.5 Å². The molecule has 4 rings (SSSR count). The molecule has 35 heavy (non-hydrogen) atoms. The lowest BCUT2D eigenvalue weighted by molar-refractivity contribution is -0.137. The highest BCUT2D eigenvalue weighted by Crippen LogP contribution is 2.45. The van der Waals surface area contributed by atoms with Crippen molar-refractivity contribution in [3.05, 3.63) is 65.2 Å². The lowest BCUT2D eigenvalue weighted by Crippen LogP contribution is -2.43. The molecule has 6 heteroatoms. The van der Waals surface area contributed by atoms with Gasteiger partial charge in [-0.05, 0) is 61.4 Å². The van der Waals surface area contributed by atoms with Crippen molar-refractivity contribution < 1.29 is 14.3 Å². The Morgan fingerprint density at radius 1 is 1.11 bits per heavy atom. The van der Waals surface area contributed by atoms with Crippen LogP contribution in [0, 0.1) is 5.41 Å². The molecule has 2 N–H and O–H groups in total. The first-order valence-corrected chi connectivity index (χ1v) is 12.7. The number of likely N-dealkylation sites (tertiary alicyclic amines) is 2. The molecule has 2 aromatic carbocycles. The van der Waals surface area contributed by atoms with Crippen molar-refractivity contribution in [2.24, 2.45) is 11.1 Å². The Morgan fingerprint density at radius 2 is 1.80 bits per heavy atom. The van der Waals surface area contributed by atoms with Crippen molar-refractivity contribution in [1.29, 1.82) is 0 Å². The standard InChI is InChI=1S/C29H39N3O3/c1-28(2,3)23-10-11-25(35-20-26(30)33)22(17-23)19-32-14-12-29(13-15-32)18-24(31(4)27(29)34)16-21-8-6-5-7-9-21/h5-11,17,24H,12-16,18-20H2,1-4H3,(H2,30,33)/t24-/m0/s1. The zero-order valence-corrected chi connectivity index (χ0v) is 21.5. The van der Waals surface area contributed by atoms with Crippen LogP contribution < -0.4 is 10.5 Å². The highest BCUT2D eigenvalue weighted by molar-refractivity contribution is 5.85. The Hall–Kier alpha value is -2.86. The first kappa shape index (κ1) is 25.2. The van der Waals surface area contributed by atoms with Crippen LogP contribution >= 0.6 is 0 Å². The summed E-state index contributed by atoms with van der Waals surface area (Å²) >= 11 is 0. The van der Waals surface area contributed by atoms with Gasteiger partial charge >= 0.3 is 0 Å². The average Bonchev–Trinajstić information content (AvgIpc) is 3.04. The number of amides is 2. The van der Waals surface area contributed by atoms with Gasteiger partial charge in [-0.3, -0.25) is 14.5 Å². The van der Waals surface area contributed by atoms with Crippen molar-refractivity contribution in [3.63, 3.8) is 0 Å². The van der Waals surface area contributed by atoms with Crippen molar-refractivity contribution in [2.45, 2.75) is 64.5 Å². The third kappa shape index (κ3) is 5.69. The Bertz CT molecular complexity index is 1050. The van der Waals surface area contributed by atoms with E-state index in [1.54, 1.807) is 0 Å². The number of likely N-dealkylation sites (N-methyl/N-ethyl adjacent to an activating group) is 1. The maximum Gasteiger partial charge on any atom is 0.255 e. The molecule has 0 bridgehead atoms. The van der Waals surface area contributed by atoms with Gasteiger partial charge in [-0.15, -0.1) is 0 Å². The molecule has 0 aliphatic carbocycles. The number of rotatable bonds is 7. The maximum atomic E-state index is 13.3. The molecule has 2 heterocycles. The summed E-state index contributed by atoms with van der Waals surface area (Å²) in [5.41, 5.74) is 8.65. The van der Waals surface area contributed by atoms with E-state index in [0.717, 1.165) is 50.9 Å². The van der Waals surface area contributed by atoms with Gasteiger partial charge in [0.15, 0.2) is 6.61 Å². The molecule has 1 atom stereocenters. The highest BCUT2D eigenvalue weighted by atomic mass is 16.5. The number of hydrogen-bond donors (Lipinski definition) is 1. The molecule has 188 valence electrons. The number of primary amides is 1. The minimum Gasteiger partial charge on any atom is -0.483 e. The van der Waals surface area contributed by atoms with Crippen LogP contribution in [0.2, 0.25) is 0 Å². The SMILES string of the molecule is CN1C(=O)C2(CCN(Cc3cc(C(C)(C)C)ccc3OCC(N)=O)CC2)C[C@@H]1Cc1ccccc1. The van der Waals surface area contributed by atoms with E-state index in [2.05, 4.69) is 62.1 Å². The van der Waals surface area contributed by atoms with E-state index in [0.29, 0.717) is 11.7 Å². The molecule has 2 aliphatic rings. The van der Waals surface area contributed by atoms with E-state index in [4.69, 9.17) is 10.5 Å². The van der Waals surface area contributed by atoms with Crippen LogP contribution in [0.3, 0.4) is 0 Å². The number of nitrogens with two attached hydrogens (primary N) is 1. The van der Waals surface area contributed by atoms with Crippen molar-refractivity contribution >= 4 is 11.8 Å². The average molecular weight is 478 g/mol. The summed E-state index contributed by atoms with van der Waals surface area (Å²) in [6, 6.07) is 16.9. The molecule has 2 fully saturated rings. The fourth-order valence-electron chi connectivity index (χ4n) is 5.57. The van der Waals surface area contributed by atoms with E-state index >= 15 is 0 Å². The summed E-state index contributed by atoms with van der Waals surface area (Å²) in [4.78, 5) is 29.0. The molecule has 6 nitrogen and oxygen atoms in total. The highest BCUT2D eigenvalue weighted by Gasteiger charge is 2.51. The van der Waals surface area contributed by atoms with Gasteiger partial charge in [0.25, 0.3) is 5.91 Å². The minimum atomic E-state index is -0.482. The molecule has 2 aromatic rings. The molecule has 0 radical (unpaired) electrons. The maximum absolute atomic E-state index is 13.3. The second kappa shape index (κ2) is 10.0. The summed E-state index contributed by atoms with van der Waals surface area (Å²) in [5.74, 6) is 0.527. The molecule has 2 saturated heterocycles. The molecule has 0 aromatic heterocycles. The quantitative estimate of drug-likeness (QED) is 0.656. The first-order valence-electron chi connectivity index (χ1n) is 12.7. The fraction of sp³-hybridized carbons (Fsp3) is 0.517. The van der Waals surface area contributed by atoms with Crippen LogP contribution in [-0.4, -0.2) is 54.4 Å². The predicted octanol–water partition coefficient (Wildman–Crippen LogP) is 3.90. The van der Waals surface area contributed by atoms with Gasteiger partial charge in [-0.1, -0.05) is 63.2 Å². The number of nitrogens with zero attached hydrogens (tertiary/aromatic N) is 2. The van der Waals surface area contributed by atoms with Crippen molar-refractivity contribution in [2.75, 3.05) is 26.7 Å². The lowest BCUT2D eigenvalue weighted by Gasteiger charge is -2.38. The zero-order valence-electron chi connectivity index (χ0n) is 21.5. The summed E-state index contributed by atoms with van der Waals surface area (Å²) in [5, 5.41) is 0. The Morgan fingerprint density at radius 3 is 2.43 bits per heavy atom. The van der Waals surface area contributed by atoms with Gasteiger partial charge < -0.3 is 15.4 Å². The first-order chi connectivity index (χ1) is 16.6. The third-order valence-electron chi connectivity index (χ3n) is 7.77. The van der Waals surface area contributed by atoms with Crippen LogP contribution in [0.1, 0.15) is 56.7 Å². The van der Waals surface area contributed by atoms with Crippen LogP contribution in [-0.2, 0) is 28.0 Å². The van der Waals surface area contributed by atoms with Gasteiger partial charge in [0.1, 0.15) is 5.75 Å². The number of carbonyl (C=O) groups is 2. The second-order valence-corrected chi connectivity index (χ2v) is 11.3. The summed E-state index contributed by atoms with van der Waals surface area (Å²) < 4.78 is 5.74. The van der Waals surface area contributed by atoms with E-state index in [1.807, 2.05) is 24.1 Å². The molecule has 2 amide bonds. The number of benzene rings is 2. The molecule has 2 aliphatic heterocycles. The molecule has 1 spiro atoms. The smallest absolute Gasteiger partial charge is 0.255 e. The van der Waals surface area contributed by atoms with Crippen molar-refractivity contribution in [3.8, 4) is 5.75 Å². The van der Waals surface area contributed by atoms with Crippen LogP contribution in [0.5, 0.6) is 5.75 Å². The summed E-state index contributed by atoms with van der Waals surface area (Å²) in [7, 11) is 1.97. The molecular weight excluding hydrogens is 438 g/mol. The van der Waals surface area contributed by atoms with Gasteiger partial charge in [-0.2, -0.15) is 0 Å². The topological polar surface area (TPSA) is 75.9 Å². The van der Waals surface area contributed by atoms with Crippen molar-refractivity contribution in [1.82, 2.24) is 9.80 Å². The Kier molecular flexibility index (Phi) is 7.22. The molecular formula is C29H39N3O3. The minimum absolute atomic E-state index is 0.0114. The summed E-state index contributed by atoms with van der Waals surface area (Å²) in [6.45, 7) is 8.90. The molecule has 0 saturated carbocycles.